The molecule has 0 bridgehead atoms. The van der Waals surface area contributed by atoms with E-state index >= 15 is 0 Å². The average Bonchev–Trinajstić information content (AvgIpc) is 2.85. The fraction of sp³-hybridized carbons (Fsp3) is 0.0625. The van der Waals surface area contributed by atoms with Gasteiger partial charge in [-0.25, -0.2) is 4.39 Å². The zero-order valence-electron chi connectivity index (χ0n) is 11.2. The molecule has 0 atom stereocenters. The predicted molar refractivity (Wildman–Crippen MR) is 75.0 cm³/mol. The maximum atomic E-state index is 13.0. The van der Waals surface area contributed by atoms with Crippen LogP contribution in [0.3, 0.4) is 0 Å². The SMILES string of the molecule is Cc1cc(Oc2ccc(F)cc2O)c2cc(C#N)cn2c1. The third kappa shape index (κ3) is 2.39. The first kappa shape index (κ1) is 13.0. The van der Waals surface area contributed by atoms with E-state index in [4.69, 9.17) is 10.00 Å². The molecule has 0 aliphatic rings. The number of rotatable bonds is 2. The number of pyridine rings is 1. The number of nitriles is 1. The molecule has 0 aliphatic heterocycles. The normalized spacial score (nSPS) is 10.5. The van der Waals surface area contributed by atoms with Gasteiger partial charge in [-0.05, 0) is 36.8 Å². The van der Waals surface area contributed by atoms with Crippen LogP contribution >= 0.6 is 0 Å². The Morgan fingerprint density at radius 2 is 2.00 bits per heavy atom. The number of hydrogen-bond acceptors (Lipinski definition) is 3. The molecular weight excluding hydrogens is 271 g/mol. The summed E-state index contributed by atoms with van der Waals surface area (Å²) in [6.07, 6.45) is 3.56. The number of fused-ring (bicyclic) bond motifs is 1. The molecule has 5 heteroatoms. The molecule has 0 saturated carbocycles. The van der Waals surface area contributed by atoms with Gasteiger partial charge in [-0.3, -0.25) is 0 Å². The van der Waals surface area contributed by atoms with Crippen molar-refractivity contribution in [3.8, 4) is 23.3 Å². The zero-order valence-corrected chi connectivity index (χ0v) is 11.2. The molecule has 0 aliphatic carbocycles. The molecule has 2 aromatic heterocycles. The Balaban J connectivity index is 2.11. The van der Waals surface area contributed by atoms with E-state index in [1.807, 2.05) is 13.1 Å². The van der Waals surface area contributed by atoms with Crippen LogP contribution in [0.4, 0.5) is 4.39 Å². The van der Waals surface area contributed by atoms with Crippen molar-refractivity contribution >= 4 is 5.52 Å². The predicted octanol–water partition coefficient (Wildman–Crippen LogP) is 3.76. The summed E-state index contributed by atoms with van der Waals surface area (Å²) < 4.78 is 20.4. The summed E-state index contributed by atoms with van der Waals surface area (Å²) in [5, 5.41) is 18.7. The molecule has 2 heterocycles. The van der Waals surface area contributed by atoms with E-state index in [-0.39, 0.29) is 11.5 Å². The first-order valence-corrected chi connectivity index (χ1v) is 6.25. The van der Waals surface area contributed by atoms with E-state index in [2.05, 4.69) is 6.07 Å². The number of phenolic OH excluding ortho intramolecular Hbond substituents is 1. The largest absolute Gasteiger partial charge is 0.504 e. The second kappa shape index (κ2) is 4.84. The van der Waals surface area contributed by atoms with Crippen molar-refractivity contribution in [1.29, 1.82) is 5.26 Å². The van der Waals surface area contributed by atoms with Crippen molar-refractivity contribution in [3.63, 3.8) is 0 Å². The van der Waals surface area contributed by atoms with Crippen molar-refractivity contribution in [2.75, 3.05) is 0 Å². The van der Waals surface area contributed by atoms with Crippen LogP contribution < -0.4 is 4.74 Å². The van der Waals surface area contributed by atoms with Gasteiger partial charge >= 0.3 is 0 Å². The second-order valence-corrected chi connectivity index (χ2v) is 4.73. The van der Waals surface area contributed by atoms with Gasteiger partial charge in [0.05, 0.1) is 11.1 Å². The van der Waals surface area contributed by atoms with Crippen LogP contribution in [0.2, 0.25) is 0 Å². The lowest BCUT2D eigenvalue weighted by Gasteiger charge is -2.10. The molecule has 3 rings (SSSR count). The molecule has 0 fully saturated rings. The molecule has 0 unspecified atom stereocenters. The highest BCUT2D eigenvalue weighted by Gasteiger charge is 2.11. The van der Waals surface area contributed by atoms with Gasteiger partial charge in [0.2, 0.25) is 0 Å². The molecule has 0 spiro atoms. The number of ether oxygens (including phenoxy) is 1. The molecular formula is C16H11FN2O2. The second-order valence-electron chi connectivity index (χ2n) is 4.73. The van der Waals surface area contributed by atoms with Gasteiger partial charge in [-0.2, -0.15) is 5.26 Å². The highest BCUT2D eigenvalue weighted by Crippen LogP contribution is 2.34. The summed E-state index contributed by atoms with van der Waals surface area (Å²) in [4.78, 5) is 0. The van der Waals surface area contributed by atoms with Gasteiger partial charge in [0.1, 0.15) is 11.9 Å². The zero-order chi connectivity index (χ0) is 15.0. The number of hydrogen-bond donors (Lipinski definition) is 1. The van der Waals surface area contributed by atoms with E-state index in [0.717, 1.165) is 11.6 Å². The molecule has 104 valence electrons. The Morgan fingerprint density at radius 3 is 2.71 bits per heavy atom. The summed E-state index contributed by atoms with van der Waals surface area (Å²) in [5.74, 6) is -0.174. The van der Waals surface area contributed by atoms with E-state index in [1.165, 1.54) is 12.1 Å². The third-order valence-electron chi connectivity index (χ3n) is 3.07. The number of benzene rings is 1. The van der Waals surface area contributed by atoms with Gasteiger partial charge in [0, 0.05) is 18.5 Å². The lowest BCUT2D eigenvalue weighted by molar-refractivity contribution is 0.408. The summed E-state index contributed by atoms with van der Waals surface area (Å²) in [6, 6.07) is 9.11. The minimum Gasteiger partial charge on any atom is -0.504 e. The molecule has 3 aromatic rings. The van der Waals surface area contributed by atoms with E-state index in [1.54, 1.807) is 22.7 Å². The molecule has 1 aromatic carbocycles. The van der Waals surface area contributed by atoms with Crippen LogP contribution in [0.15, 0.2) is 42.7 Å². The number of aromatic nitrogens is 1. The minimum absolute atomic E-state index is 0.156. The maximum absolute atomic E-state index is 13.0. The highest BCUT2D eigenvalue weighted by molar-refractivity contribution is 5.65. The number of phenols is 1. The van der Waals surface area contributed by atoms with Gasteiger partial charge < -0.3 is 14.2 Å². The summed E-state index contributed by atoms with van der Waals surface area (Å²) in [5.41, 5.74) is 2.13. The quantitative estimate of drug-likeness (QED) is 0.778. The van der Waals surface area contributed by atoms with Crippen molar-refractivity contribution in [3.05, 3.63) is 59.7 Å². The molecule has 21 heavy (non-hydrogen) atoms. The molecule has 1 N–H and O–H groups in total. The molecule has 0 radical (unpaired) electrons. The number of aryl methyl sites for hydroxylation is 1. The molecule has 0 amide bonds. The Labute approximate surface area is 120 Å². The first-order valence-electron chi connectivity index (χ1n) is 6.25. The van der Waals surface area contributed by atoms with Crippen molar-refractivity contribution in [1.82, 2.24) is 4.40 Å². The van der Waals surface area contributed by atoms with Crippen molar-refractivity contribution in [2.24, 2.45) is 0 Å². The lowest BCUT2D eigenvalue weighted by Crippen LogP contribution is -1.91. The maximum Gasteiger partial charge on any atom is 0.169 e. The van der Waals surface area contributed by atoms with Crippen LogP contribution in [0, 0.1) is 24.1 Å². The van der Waals surface area contributed by atoms with Crippen LogP contribution in [-0.2, 0) is 0 Å². The van der Waals surface area contributed by atoms with Gasteiger partial charge in [0.15, 0.2) is 17.2 Å². The van der Waals surface area contributed by atoms with Crippen LogP contribution in [0.1, 0.15) is 11.1 Å². The summed E-state index contributed by atoms with van der Waals surface area (Å²) in [7, 11) is 0. The minimum atomic E-state index is -0.538. The smallest absolute Gasteiger partial charge is 0.169 e. The standard InChI is InChI=1S/C16H11FN2O2/c1-10-4-16(13-5-11(7-18)9-19(13)8-10)21-15-3-2-12(17)6-14(15)20/h2-6,8-9,20H,1H3. The topological polar surface area (TPSA) is 57.7 Å². The summed E-state index contributed by atoms with van der Waals surface area (Å²) >= 11 is 0. The fourth-order valence-corrected chi connectivity index (χ4v) is 2.16. The monoisotopic (exact) mass is 282 g/mol. The Bertz CT molecular complexity index is 878. The van der Waals surface area contributed by atoms with E-state index in [0.29, 0.717) is 16.8 Å². The van der Waals surface area contributed by atoms with Gasteiger partial charge in [-0.15, -0.1) is 0 Å². The highest BCUT2D eigenvalue weighted by atomic mass is 19.1. The van der Waals surface area contributed by atoms with E-state index < -0.39 is 5.82 Å². The molecule has 4 nitrogen and oxygen atoms in total. The van der Waals surface area contributed by atoms with E-state index in [9.17, 15) is 9.50 Å². The number of aromatic hydroxyl groups is 1. The average molecular weight is 282 g/mol. The van der Waals surface area contributed by atoms with Gasteiger partial charge in [0.25, 0.3) is 0 Å². The van der Waals surface area contributed by atoms with Crippen LogP contribution in [-0.4, -0.2) is 9.51 Å². The number of halogens is 1. The number of nitrogens with zero attached hydrogens (tertiary/aromatic N) is 2. The van der Waals surface area contributed by atoms with Crippen LogP contribution in [0.5, 0.6) is 17.2 Å². The Morgan fingerprint density at radius 1 is 1.19 bits per heavy atom. The summed E-state index contributed by atoms with van der Waals surface area (Å²) in [6.45, 7) is 1.89. The molecule has 0 saturated heterocycles. The van der Waals surface area contributed by atoms with Crippen molar-refractivity contribution < 1.29 is 14.2 Å². The fourth-order valence-electron chi connectivity index (χ4n) is 2.16. The Kier molecular flexibility index (Phi) is 2.99. The first-order chi connectivity index (χ1) is 10.1. The lowest BCUT2D eigenvalue weighted by atomic mass is 10.2. The Hall–Kier alpha value is -3.00. The van der Waals surface area contributed by atoms with Crippen molar-refractivity contribution in [2.45, 2.75) is 6.92 Å². The van der Waals surface area contributed by atoms with Crippen LogP contribution in [0.25, 0.3) is 5.52 Å². The third-order valence-corrected chi connectivity index (χ3v) is 3.07. The van der Waals surface area contributed by atoms with Gasteiger partial charge in [-0.1, -0.05) is 0 Å².